The molecule has 0 saturated carbocycles. The lowest BCUT2D eigenvalue weighted by Crippen LogP contribution is -2.30. The predicted molar refractivity (Wildman–Crippen MR) is 64.4 cm³/mol. The Hall–Kier alpha value is -1.14. The molecule has 0 unspecified atom stereocenters. The second kappa shape index (κ2) is 5.24. The Balaban J connectivity index is 1.65. The third-order valence-corrected chi connectivity index (χ3v) is 3.50. The first-order valence-electron chi connectivity index (χ1n) is 6.74. The van der Waals surface area contributed by atoms with Gasteiger partial charge in [-0.15, -0.1) is 0 Å². The summed E-state index contributed by atoms with van der Waals surface area (Å²) in [5.41, 5.74) is 0.0144. The highest BCUT2D eigenvalue weighted by molar-refractivity contribution is 4.91. The lowest BCUT2D eigenvalue weighted by atomic mass is 10.2. The van der Waals surface area contributed by atoms with Gasteiger partial charge in [0, 0.05) is 19.4 Å². The molecule has 0 spiro atoms. The van der Waals surface area contributed by atoms with Crippen molar-refractivity contribution in [1.82, 2.24) is 14.3 Å². The maximum atomic E-state index is 12.1. The smallest absolute Gasteiger partial charge is 0.345 e. The van der Waals surface area contributed by atoms with Crippen LogP contribution in [0.4, 0.5) is 0 Å². The third kappa shape index (κ3) is 2.35. The zero-order valence-electron chi connectivity index (χ0n) is 10.5. The highest BCUT2D eigenvalue weighted by atomic mass is 16.7. The molecular weight excluding hydrogens is 234 g/mol. The van der Waals surface area contributed by atoms with E-state index in [1.807, 2.05) is 0 Å². The van der Waals surface area contributed by atoms with E-state index in [0.29, 0.717) is 13.0 Å². The van der Waals surface area contributed by atoms with Crippen LogP contribution in [0.15, 0.2) is 4.79 Å². The van der Waals surface area contributed by atoms with Crippen molar-refractivity contribution in [1.29, 1.82) is 0 Å². The van der Waals surface area contributed by atoms with Crippen molar-refractivity contribution in [2.45, 2.75) is 51.5 Å². The predicted octanol–water partition coefficient (Wildman–Crippen LogP) is 0.534. The molecule has 2 aliphatic heterocycles. The molecule has 100 valence electrons. The average molecular weight is 253 g/mol. The Morgan fingerprint density at radius 2 is 2.06 bits per heavy atom. The van der Waals surface area contributed by atoms with E-state index in [-0.39, 0.29) is 12.0 Å². The molecule has 2 aliphatic rings. The first-order chi connectivity index (χ1) is 8.84. The van der Waals surface area contributed by atoms with E-state index < -0.39 is 0 Å². The maximum Gasteiger partial charge on any atom is 0.345 e. The van der Waals surface area contributed by atoms with Crippen molar-refractivity contribution in [3.8, 4) is 0 Å². The second-order valence-corrected chi connectivity index (χ2v) is 4.84. The Labute approximate surface area is 105 Å². The van der Waals surface area contributed by atoms with Crippen molar-refractivity contribution in [2.24, 2.45) is 0 Å². The number of hydrogen-bond acceptors (Lipinski definition) is 4. The summed E-state index contributed by atoms with van der Waals surface area (Å²) in [7, 11) is 0. The minimum Gasteiger partial charge on any atom is -0.353 e. The van der Waals surface area contributed by atoms with Gasteiger partial charge in [0.1, 0.15) is 5.82 Å². The van der Waals surface area contributed by atoms with Gasteiger partial charge in [0.05, 0.1) is 19.8 Å². The minimum atomic E-state index is -0.177. The first-order valence-corrected chi connectivity index (χ1v) is 6.74. The van der Waals surface area contributed by atoms with Crippen molar-refractivity contribution >= 4 is 0 Å². The number of fused-ring (bicyclic) bond motifs is 1. The van der Waals surface area contributed by atoms with Crippen LogP contribution in [0.5, 0.6) is 0 Å². The number of aryl methyl sites for hydroxylation is 2. The molecule has 6 heteroatoms. The summed E-state index contributed by atoms with van der Waals surface area (Å²) >= 11 is 0. The van der Waals surface area contributed by atoms with Crippen LogP contribution in [-0.2, 0) is 29.0 Å². The van der Waals surface area contributed by atoms with Crippen molar-refractivity contribution in [3.05, 3.63) is 16.3 Å². The fourth-order valence-electron chi connectivity index (χ4n) is 2.53. The zero-order chi connectivity index (χ0) is 12.4. The van der Waals surface area contributed by atoms with Crippen LogP contribution >= 0.6 is 0 Å². The molecule has 18 heavy (non-hydrogen) atoms. The molecule has 0 N–H and O–H groups in total. The zero-order valence-corrected chi connectivity index (χ0v) is 10.5. The Morgan fingerprint density at radius 3 is 2.83 bits per heavy atom. The number of ether oxygens (including phenoxy) is 2. The standard InChI is InChI=1S/C12H19N3O3/c16-12-14-6-2-1-4-10(14)13-15(12)7-5-11-17-8-3-9-18-11/h11H,1-9H2. The molecule has 0 radical (unpaired) electrons. The summed E-state index contributed by atoms with van der Waals surface area (Å²) in [6, 6.07) is 0. The van der Waals surface area contributed by atoms with Gasteiger partial charge in [-0.05, 0) is 19.3 Å². The second-order valence-electron chi connectivity index (χ2n) is 4.84. The number of rotatable bonds is 3. The SMILES string of the molecule is O=c1n(CCC2OCCCO2)nc2n1CCCC2. The van der Waals surface area contributed by atoms with Gasteiger partial charge in [-0.1, -0.05) is 0 Å². The fraction of sp³-hybridized carbons (Fsp3) is 0.833. The first kappa shape index (κ1) is 11.9. The van der Waals surface area contributed by atoms with Crippen LogP contribution in [0.25, 0.3) is 0 Å². The molecule has 1 fully saturated rings. The molecule has 3 heterocycles. The van der Waals surface area contributed by atoms with Gasteiger partial charge in [0.2, 0.25) is 0 Å². The van der Waals surface area contributed by atoms with E-state index in [0.717, 1.165) is 51.3 Å². The number of nitrogens with zero attached hydrogens (tertiary/aromatic N) is 3. The molecule has 6 nitrogen and oxygen atoms in total. The summed E-state index contributed by atoms with van der Waals surface area (Å²) in [5.74, 6) is 0.928. The van der Waals surface area contributed by atoms with E-state index in [1.54, 1.807) is 9.25 Å². The number of aromatic nitrogens is 3. The van der Waals surface area contributed by atoms with Crippen LogP contribution in [0.3, 0.4) is 0 Å². The summed E-state index contributed by atoms with van der Waals surface area (Å²) in [6.07, 6.45) is 4.59. The minimum absolute atomic E-state index is 0.0144. The van der Waals surface area contributed by atoms with Crippen LogP contribution in [-0.4, -0.2) is 33.9 Å². The van der Waals surface area contributed by atoms with Crippen LogP contribution in [0.1, 0.15) is 31.5 Å². The topological polar surface area (TPSA) is 58.3 Å². The van der Waals surface area contributed by atoms with E-state index >= 15 is 0 Å². The molecule has 1 saturated heterocycles. The van der Waals surface area contributed by atoms with Crippen LogP contribution < -0.4 is 5.69 Å². The molecule has 0 aromatic carbocycles. The lowest BCUT2D eigenvalue weighted by molar-refractivity contribution is -0.182. The molecule has 3 rings (SSSR count). The van der Waals surface area contributed by atoms with Crippen LogP contribution in [0, 0.1) is 0 Å². The summed E-state index contributed by atoms with van der Waals surface area (Å²) < 4.78 is 14.3. The Kier molecular flexibility index (Phi) is 3.47. The molecule has 1 aromatic heterocycles. The van der Waals surface area contributed by atoms with Gasteiger partial charge in [0.25, 0.3) is 0 Å². The van der Waals surface area contributed by atoms with Gasteiger partial charge in [-0.25, -0.2) is 9.48 Å². The third-order valence-electron chi connectivity index (χ3n) is 3.50. The van der Waals surface area contributed by atoms with Crippen molar-refractivity contribution < 1.29 is 9.47 Å². The lowest BCUT2D eigenvalue weighted by Gasteiger charge is -2.22. The van der Waals surface area contributed by atoms with E-state index in [9.17, 15) is 4.79 Å². The van der Waals surface area contributed by atoms with Gasteiger partial charge < -0.3 is 9.47 Å². The van der Waals surface area contributed by atoms with Gasteiger partial charge in [-0.2, -0.15) is 5.10 Å². The Morgan fingerprint density at radius 1 is 1.22 bits per heavy atom. The van der Waals surface area contributed by atoms with Gasteiger partial charge >= 0.3 is 5.69 Å². The molecule has 0 amide bonds. The quantitative estimate of drug-likeness (QED) is 0.788. The number of hydrogen-bond donors (Lipinski definition) is 0. The maximum absolute atomic E-state index is 12.1. The molecule has 1 aromatic rings. The van der Waals surface area contributed by atoms with E-state index in [1.165, 1.54) is 0 Å². The van der Waals surface area contributed by atoms with E-state index in [2.05, 4.69) is 5.10 Å². The monoisotopic (exact) mass is 253 g/mol. The van der Waals surface area contributed by atoms with E-state index in [4.69, 9.17) is 9.47 Å². The molecule has 0 bridgehead atoms. The molecule has 0 aliphatic carbocycles. The summed E-state index contributed by atoms with van der Waals surface area (Å²) in [5, 5.41) is 4.39. The highest BCUT2D eigenvalue weighted by Gasteiger charge is 2.19. The fourth-order valence-corrected chi connectivity index (χ4v) is 2.53. The summed E-state index contributed by atoms with van der Waals surface area (Å²) in [6.45, 7) is 2.88. The van der Waals surface area contributed by atoms with Crippen LogP contribution in [0.2, 0.25) is 0 Å². The van der Waals surface area contributed by atoms with Crippen molar-refractivity contribution in [2.75, 3.05) is 13.2 Å². The summed E-state index contributed by atoms with van der Waals surface area (Å²) in [4.78, 5) is 12.1. The van der Waals surface area contributed by atoms with Crippen molar-refractivity contribution in [3.63, 3.8) is 0 Å². The molecular formula is C12H19N3O3. The highest BCUT2D eigenvalue weighted by Crippen LogP contribution is 2.11. The normalized spacial score (nSPS) is 20.9. The van der Waals surface area contributed by atoms with Gasteiger partial charge in [-0.3, -0.25) is 4.57 Å². The average Bonchev–Trinajstić information content (AvgIpc) is 2.75. The van der Waals surface area contributed by atoms with Gasteiger partial charge in [0.15, 0.2) is 6.29 Å². The molecule has 0 atom stereocenters. The Bertz CT molecular complexity index is 460. The largest absolute Gasteiger partial charge is 0.353 e.